The van der Waals surface area contributed by atoms with Crippen molar-refractivity contribution in [2.75, 3.05) is 19.8 Å². The molecular formula is C13H18F2NO5P. The van der Waals surface area contributed by atoms with E-state index in [2.05, 4.69) is 9.05 Å². The number of nitro groups is 1. The smallest absolute Gasteiger partial charge is 0.305 e. The summed E-state index contributed by atoms with van der Waals surface area (Å²) in [5.74, 6) is -1.91. The maximum atomic E-state index is 14.7. The summed E-state index contributed by atoms with van der Waals surface area (Å²) in [5, 5.41) is 10.8. The highest BCUT2D eigenvalue weighted by atomic mass is 31.2. The van der Waals surface area contributed by atoms with Crippen molar-refractivity contribution in [2.24, 2.45) is 0 Å². The van der Waals surface area contributed by atoms with Crippen LogP contribution >= 0.6 is 7.60 Å². The van der Waals surface area contributed by atoms with Gasteiger partial charge >= 0.3 is 13.3 Å². The van der Waals surface area contributed by atoms with E-state index < -0.39 is 30.6 Å². The Kier molecular flexibility index (Phi) is 6.59. The van der Waals surface area contributed by atoms with Crippen molar-refractivity contribution >= 4 is 7.60 Å². The fraction of sp³-hybridized carbons (Fsp3) is 0.538. The molecule has 1 aromatic rings. The van der Waals surface area contributed by atoms with Crippen molar-refractivity contribution in [3.63, 3.8) is 0 Å². The molecule has 0 fully saturated rings. The zero-order valence-electron chi connectivity index (χ0n) is 12.3. The van der Waals surface area contributed by atoms with Crippen molar-refractivity contribution in [1.29, 1.82) is 0 Å². The molecule has 0 N–H and O–H groups in total. The lowest BCUT2D eigenvalue weighted by molar-refractivity contribution is -0.487. The summed E-state index contributed by atoms with van der Waals surface area (Å²) in [7, 11) is -4.84. The quantitative estimate of drug-likeness (QED) is 0.388. The first kappa shape index (κ1) is 18.7. The first-order chi connectivity index (χ1) is 10.3. The summed E-state index contributed by atoms with van der Waals surface area (Å²) in [6.45, 7) is 1.19. The monoisotopic (exact) mass is 337 g/mol. The molecule has 0 spiro atoms. The van der Waals surface area contributed by atoms with Crippen LogP contribution in [-0.4, -0.2) is 30.3 Å². The number of alkyl halides is 2. The first-order valence-electron chi connectivity index (χ1n) is 6.72. The molecule has 0 aliphatic carbocycles. The van der Waals surface area contributed by atoms with E-state index in [4.69, 9.17) is 0 Å². The number of hydrogen-bond acceptors (Lipinski definition) is 5. The zero-order valence-corrected chi connectivity index (χ0v) is 13.2. The third-order valence-corrected chi connectivity index (χ3v) is 5.15. The summed E-state index contributed by atoms with van der Waals surface area (Å²) in [5.41, 5.74) is -4.02. The van der Waals surface area contributed by atoms with Crippen LogP contribution in [0, 0.1) is 10.1 Å². The lowest BCUT2D eigenvalue weighted by Crippen LogP contribution is -2.33. The van der Waals surface area contributed by atoms with E-state index in [1.165, 1.54) is 38.1 Å². The molecule has 1 rings (SSSR count). The number of nitrogens with zero attached hydrogens (tertiary/aromatic N) is 1. The zero-order chi connectivity index (χ0) is 16.8. The van der Waals surface area contributed by atoms with Crippen LogP contribution in [0.25, 0.3) is 0 Å². The number of benzene rings is 1. The van der Waals surface area contributed by atoms with Crippen molar-refractivity contribution in [3.8, 4) is 0 Å². The summed E-state index contributed by atoms with van der Waals surface area (Å²) in [4.78, 5) is 9.91. The largest absolute Gasteiger partial charge is 0.400 e. The molecule has 0 aliphatic heterocycles. The number of halogens is 2. The minimum Gasteiger partial charge on any atom is -0.305 e. The minimum absolute atomic E-state index is 0.00355. The van der Waals surface area contributed by atoms with Gasteiger partial charge in [0.1, 0.15) is 5.92 Å². The second-order valence-electron chi connectivity index (χ2n) is 4.40. The standard InChI is InChI=1S/C13H18F2NO5P/c1-3-20-22(19,21-4-2)13(14,15)12(10-16(17)18)11-8-6-5-7-9-11/h5-9,12H,3-4,10H2,1-2H3/t12-/m0/s1. The van der Waals surface area contributed by atoms with Gasteiger partial charge in [-0.2, -0.15) is 8.78 Å². The van der Waals surface area contributed by atoms with E-state index in [0.29, 0.717) is 0 Å². The van der Waals surface area contributed by atoms with Crippen molar-refractivity contribution < 1.29 is 27.3 Å². The highest BCUT2D eigenvalue weighted by Crippen LogP contribution is 2.66. The fourth-order valence-electron chi connectivity index (χ4n) is 1.99. The predicted molar refractivity (Wildman–Crippen MR) is 76.8 cm³/mol. The summed E-state index contributed by atoms with van der Waals surface area (Å²) >= 11 is 0. The van der Waals surface area contributed by atoms with E-state index in [0.717, 1.165) is 0 Å². The Balaban J connectivity index is 3.31. The minimum atomic E-state index is -4.84. The fourth-order valence-corrected chi connectivity index (χ4v) is 3.70. The van der Waals surface area contributed by atoms with Gasteiger partial charge < -0.3 is 9.05 Å². The highest BCUT2D eigenvalue weighted by Gasteiger charge is 2.60. The van der Waals surface area contributed by atoms with Gasteiger partial charge in [-0.15, -0.1) is 0 Å². The number of hydrogen-bond donors (Lipinski definition) is 0. The Bertz CT molecular complexity index is 530. The van der Waals surface area contributed by atoms with E-state index in [9.17, 15) is 23.5 Å². The van der Waals surface area contributed by atoms with Gasteiger partial charge in [-0.05, 0) is 19.4 Å². The SMILES string of the molecule is CCOP(=O)(OCC)C(F)(F)[C@@H](C[N+](=O)[O-])c1ccccc1. The van der Waals surface area contributed by atoms with Crippen molar-refractivity contribution in [3.05, 3.63) is 46.0 Å². The van der Waals surface area contributed by atoms with Gasteiger partial charge in [0.05, 0.1) is 13.2 Å². The maximum Gasteiger partial charge on any atom is 0.400 e. The van der Waals surface area contributed by atoms with Gasteiger partial charge in [-0.25, -0.2) is 0 Å². The molecule has 0 saturated heterocycles. The van der Waals surface area contributed by atoms with Gasteiger partial charge in [0.2, 0.25) is 6.54 Å². The molecule has 1 atom stereocenters. The third-order valence-electron chi connectivity index (χ3n) is 2.92. The molecule has 0 radical (unpaired) electrons. The van der Waals surface area contributed by atoms with Crippen LogP contribution in [0.4, 0.5) is 8.78 Å². The molecular weight excluding hydrogens is 319 g/mol. The molecule has 0 unspecified atom stereocenters. The van der Waals surface area contributed by atoms with Gasteiger partial charge in [0.15, 0.2) is 0 Å². The van der Waals surface area contributed by atoms with Crippen LogP contribution in [-0.2, 0) is 13.6 Å². The number of rotatable bonds is 9. The molecule has 0 saturated carbocycles. The van der Waals surface area contributed by atoms with Crippen molar-refractivity contribution in [1.82, 2.24) is 0 Å². The summed E-state index contributed by atoms with van der Waals surface area (Å²) in [6.07, 6.45) is 0. The van der Waals surface area contributed by atoms with Crippen LogP contribution < -0.4 is 0 Å². The molecule has 22 heavy (non-hydrogen) atoms. The highest BCUT2D eigenvalue weighted by molar-refractivity contribution is 7.55. The molecule has 9 heteroatoms. The Hall–Kier alpha value is -1.37. The van der Waals surface area contributed by atoms with Crippen LogP contribution in [0.1, 0.15) is 25.3 Å². The predicted octanol–water partition coefficient (Wildman–Crippen LogP) is 3.91. The average molecular weight is 337 g/mol. The second kappa shape index (κ2) is 7.76. The van der Waals surface area contributed by atoms with Crippen molar-refractivity contribution in [2.45, 2.75) is 25.4 Å². The topological polar surface area (TPSA) is 78.7 Å². The van der Waals surface area contributed by atoms with E-state index in [1.807, 2.05) is 0 Å². The summed E-state index contributed by atoms with van der Waals surface area (Å²) in [6, 6.07) is 7.19. The summed E-state index contributed by atoms with van der Waals surface area (Å²) < 4.78 is 51.3. The van der Waals surface area contributed by atoms with Crippen LogP contribution in [0.2, 0.25) is 0 Å². The van der Waals surface area contributed by atoms with Gasteiger partial charge in [-0.3, -0.25) is 14.7 Å². The van der Waals surface area contributed by atoms with E-state index in [1.54, 1.807) is 6.07 Å². The normalized spacial score (nSPS) is 13.8. The maximum absolute atomic E-state index is 14.7. The average Bonchev–Trinajstić information content (AvgIpc) is 2.45. The lowest BCUT2D eigenvalue weighted by Gasteiger charge is -2.30. The van der Waals surface area contributed by atoms with Gasteiger partial charge in [-0.1, -0.05) is 30.3 Å². The molecule has 6 nitrogen and oxygen atoms in total. The Labute approximate surface area is 127 Å². The molecule has 124 valence electrons. The van der Waals surface area contributed by atoms with Crippen LogP contribution in [0.3, 0.4) is 0 Å². The molecule has 0 bridgehead atoms. The van der Waals surface area contributed by atoms with Crippen LogP contribution in [0.15, 0.2) is 30.3 Å². The molecule has 1 aromatic carbocycles. The lowest BCUT2D eigenvalue weighted by atomic mass is 9.99. The first-order valence-corrected chi connectivity index (χ1v) is 8.26. The van der Waals surface area contributed by atoms with E-state index in [-0.39, 0.29) is 18.8 Å². The second-order valence-corrected chi connectivity index (χ2v) is 6.51. The molecule has 0 amide bonds. The molecule has 0 heterocycles. The van der Waals surface area contributed by atoms with E-state index >= 15 is 0 Å². The molecule has 0 aliphatic rings. The van der Waals surface area contributed by atoms with Gasteiger partial charge in [0, 0.05) is 4.92 Å². The third kappa shape index (κ3) is 4.09. The van der Waals surface area contributed by atoms with Gasteiger partial charge in [0.25, 0.3) is 0 Å². The molecule has 0 aromatic heterocycles. The Morgan fingerprint density at radius 2 is 1.73 bits per heavy atom. The Morgan fingerprint density at radius 1 is 1.23 bits per heavy atom. The van der Waals surface area contributed by atoms with Crippen LogP contribution in [0.5, 0.6) is 0 Å². The Morgan fingerprint density at radius 3 is 2.14 bits per heavy atom.